The van der Waals surface area contributed by atoms with E-state index < -0.39 is 5.97 Å². The molecule has 0 aliphatic carbocycles. The molecule has 2 N–H and O–H groups in total. The molecule has 112 valence electrons. The number of ether oxygens (including phenoxy) is 1. The number of aliphatic hydroxyl groups excluding tert-OH is 1. The van der Waals surface area contributed by atoms with E-state index in [9.17, 15) is 9.59 Å². The van der Waals surface area contributed by atoms with Crippen LogP contribution < -0.4 is 5.32 Å². The molecule has 5 nitrogen and oxygen atoms in total. The smallest absolute Gasteiger partial charge is 0.350 e. The van der Waals surface area contributed by atoms with Crippen LogP contribution in [0, 0.1) is 0 Å². The molecule has 21 heavy (non-hydrogen) atoms. The SMILES string of the molecule is COC(=O)c1sc2ccccc2c1NC(=O)CCCCO. The highest BCUT2D eigenvalue weighted by atomic mass is 32.1. The van der Waals surface area contributed by atoms with Gasteiger partial charge in [-0.3, -0.25) is 4.79 Å². The number of hydrogen-bond donors (Lipinski definition) is 2. The molecule has 2 aromatic rings. The first-order valence-corrected chi connectivity index (χ1v) is 7.49. The molecule has 0 aliphatic rings. The number of aliphatic hydroxyl groups is 1. The third-order valence-electron chi connectivity index (χ3n) is 3.04. The van der Waals surface area contributed by atoms with Crippen molar-refractivity contribution in [2.75, 3.05) is 19.0 Å². The molecule has 0 atom stereocenters. The Hall–Kier alpha value is -1.92. The Kier molecular flexibility index (Phi) is 5.30. The summed E-state index contributed by atoms with van der Waals surface area (Å²) in [6.07, 6.45) is 1.50. The summed E-state index contributed by atoms with van der Waals surface area (Å²) in [7, 11) is 1.32. The van der Waals surface area contributed by atoms with Crippen LogP contribution in [0.5, 0.6) is 0 Å². The van der Waals surface area contributed by atoms with Crippen molar-refractivity contribution >= 4 is 39.0 Å². The molecule has 0 bridgehead atoms. The molecule has 0 unspecified atom stereocenters. The molecule has 0 spiro atoms. The minimum absolute atomic E-state index is 0.0715. The number of esters is 1. The molecule has 0 saturated carbocycles. The number of carbonyl (C=O) groups is 2. The van der Waals surface area contributed by atoms with Crippen LogP contribution in [0.3, 0.4) is 0 Å². The molecule has 1 aromatic heterocycles. The largest absolute Gasteiger partial charge is 0.465 e. The summed E-state index contributed by atoms with van der Waals surface area (Å²) in [5.74, 6) is -0.626. The van der Waals surface area contributed by atoms with Crippen molar-refractivity contribution in [3.05, 3.63) is 29.1 Å². The fourth-order valence-electron chi connectivity index (χ4n) is 2.01. The van der Waals surface area contributed by atoms with Crippen LogP contribution in [-0.4, -0.2) is 30.7 Å². The predicted octanol–water partition coefficient (Wildman–Crippen LogP) is 2.79. The van der Waals surface area contributed by atoms with Gasteiger partial charge in [-0.1, -0.05) is 18.2 Å². The third kappa shape index (κ3) is 3.59. The summed E-state index contributed by atoms with van der Waals surface area (Å²) in [6.45, 7) is 0.0715. The number of amides is 1. The Bertz CT molecular complexity index is 650. The molecule has 1 amide bonds. The zero-order valence-electron chi connectivity index (χ0n) is 11.7. The summed E-state index contributed by atoms with van der Waals surface area (Å²) in [5.41, 5.74) is 0.511. The zero-order valence-corrected chi connectivity index (χ0v) is 12.5. The van der Waals surface area contributed by atoms with Gasteiger partial charge in [-0.05, 0) is 18.9 Å². The number of unbranched alkanes of at least 4 members (excludes halogenated alkanes) is 1. The maximum atomic E-state index is 12.0. The Morgan fingerprint density at radius 3 is 2.76 bits per heavy atom. The minimum Gasteiger partial charge on any atom is -0.465 e. The van der Waals surface area contributed by atoms with E-state index in [1.807, 2.05) is 24.3 Å². The summed E-state index contributed by atoms with van der Waals surface area (Å²) in [4.78, 5) is 24.2. The van der Waals surface area contributed by atoms with Crippen LogP contribution in [0.25, 0.3) is 10.1 Å². The number of methoxy groups -OCH3 is 1. The quantitative estimate of drug-likeness (QED) is 0.635. The van der Waals surface area contributed by atoms with Crippen molar-refractivity contribution in [2.45, 2.75) is 19.3 Å². The second kappa shape index (κ2) is 7.19. The lowest BCUT2D eigenvalue weighted by atomic mass is 10.2. The number of rotatable bonds is 6. The average molecular weight is 307 g/mol. The van der Waals surface area contributed by atoms with E-state index in [0.717, 1.165) is 10.1 Å². The van der Waals surface area contributed by atoms with Crippen LogP contribution in [0.4, 0.5) is 5.69 Å². The molecule has 1 heterocycles. The van der Waals surface area contributed by atoms with Gasteiger partial charge in [0.05, 0.1) is 12.8 Å². The lowest BCUT2D eigenvalue weighted by Gasteiger charge is -2.06. The number of nitrogens with one attached hydrogen (secondary N) is 1. The van der Waals surface area contributed by atoms with Gasteiger partial charge in [0.1, 0.15) is 4.88 Å². The number of benzene rings is 1. The van der Waals surface area contributed by atoms with Gasteiger partial charge in [-0.15, -0.1) is 11.3 Å². The van der Waals surface area contributed by atoms with Crippen molar-refractivity contribution < 1.29 is 19.4 Å². The fourth-order valence-corrected chi connectivity index (χ4v) is 3.08. The highest BCUT2D eigenvalue weighted by Crippen LogP contribution is 2.36. The molecule has 0 radical (unpaired) electrons. The number of thiophene rings is 1. The van der Waals surface area contributed by atoms with E-state index in [4.69, 9.17) is 9.84 Å². The second-order valence-electron chi connectivity index (χ2n) is 4.52. The maximum absolute atomic E-state index is 12.0. The van der Waals surface area contributed by atoms with Gasteiger partial charge in [0, 0.05) is 23.1 Å². The Morgan fingerprint density at radius 1 is 1.29 bits per heavy atom. The molecule has 6 heteroatoms. The first-order chi connectivity index (χ1) is 10.2. The van der Waals surface area contributed by atoms with Gasteiger partial charge >= 0.3 is 5.97 Å². The van der Waals surface area contributed by atoms with Crippen molar-refractivity contribution in [3.8, 4) is 0 Å². The van der Waals surface area contributed by atoms with Crippen molar-refractivity contribution in [1.29, 1.82) is 0 Å². The molecular weight excluding hydrogens is 290 g/mol. The van der Waals surface area contributed by atoms with Gasteiger partial charge in [-0.2, -0.15) is 0 Å². The lowest BCUT2D eigenvalue weighted by Crippen LogP contribution is -2.13. The van der Waals surface area contributed by atoms with E-state index in [0.29, 0.717) is 29.8 Å². The predicted molar refractivity (Wildman–Crippen MR) is 82.7 cm³/mol. The molecule has 1 aromatic carbocycles. The van der Waals surface area contributed by atoms with E-state index in [-0.39, 0.29) is 12.5 Å². The van der Waals surface area contributed by atoms with Gasteiger partial charge in [0.25, 0.3) is 0 Å². The Labute approximate surface area is 126 Å². The molecular formula is C15H17NO4S. The topological polar surface area (TPSA) is 75.6 Å². The van der Waals surface area contributed by atoms with Gasteiger partial charge in [0.15, 0.2) is 0 Å². The highest BCUT2D eigenvalue weighted by Gasteiger charge is 2.20. The van der Waals surface area contributed by atoms with Crippen molar-refractivity contribution in [1.82, 2.24) is 0 Å². The first kappa shape index (κ1) is 15.5. The van der Waals surface area contributed by atoms with Crippen molar-refractivity contribution in [2.24, 2.45) is 0 Å². The van der Waals surface area contributed by atoms with E-state index in [1.165, 1.54) is 18.4 Å². The molecule has 0 aliphatic heterocycles. The summed E-state index contributed by atoms with van der Waals surface area (Å²) in [5, 5.41) is 12.4. The van der Waals surface area contributed by atoms with E-state index in [1.54, 1.807) is 0 Å². The van der Waals surface area contributed by atoms with E-state index >= 15 is 0 Å². The van der Waals surface area contributed by atoms with Crippen LogP contribution in [0.15, 0.2) is 24.3 Å². The normalized spacial score (nSPS) is 10.6. The summed E-state index contributed by atoms with van der Waals surface area (Å²) in [6, 6.07) is 7.50. The summed E-state index contributed by atoms with van der Waals surface area (Å²) >= 11 is 1.30. The number of anilines is 1. The zero-order chi connectivity index (χ0) is 15.2. The molecule has 0 saturated heterocycles. The number of fused-ring (bicyclic) bond motifs is 1. The summed E-state index contributed by atoms with van der Waals surface area (Å²) < 4.78 is 5.69. The molecule has 0 fully saturated rings. The average Bonchev–Trinajstić information content (AvgIpc) is 2.85. The van der Waals surface area contributed by atoms with Crippen LogP contribution in [0.2, 0.25) is 0 Å². The Balaban J connectivity index is 2.27. The van der Waals surface area contributed by atoms with Gasteiger partial charge in [0.2, 0.25) is 5.91 Å². The standard InChI is InChI=1S/C15H17NO4S/c1-20-15(19)14-13(16-12(18)8-4-5-9-17)10-6-2-3-7-11(10)21-14/h2-3,6-7,17H,4-5,8-9H2,1H3,(H,16,18). The van der Waals surface area contributed by atoms with Crippen molar-refractivity contribution in [3.63, 3.8) is 0 Å². The Morgan fingerprint density at radius 2 is 2.05 bits per heavy atom. The van der Waals surface area contributed by atoms with E-state index in [2.05, 4.69) is 5.32 Å². The van der Waals surface area contributed by atoms with Crippen LogP contribution in [-0.2, 0) is 9.53 Å². The van der Waals surface area contributed by atoms with Gasteiger partial charge in [-0.25, -0.2) is 4.79 Å². The maximum Gasteiger partial charge on any atom is 0.350 e. The van der Waals surface area contributed by atoms with Crippen LogP contribution >= 0.6 is 11.3 Å². The van der Waals surface area contributed by atoms with Crippen LogP contribution in [0.1, 0.15) is 28.9 Å². The third-order valence-corrected chi connectivity index (χ3v) is 4.19. The lowest BCUT2D eigenvalue weighted by molar-refractivity contribution is -0.116. The highest BCUT2D eigenvalue weighted by molar-refractivity contribution is 7.21. The first-order valence-electron chi connectivity index (χ1n) is 6.68. The molecule has 2 rings (SSSR count). The second-order valence-corrected chi connectivity index (χ2v) is 5.58. The van der Waals surface area contributed by atoms with Gasteiger partial charge < -0.3 is 15.2 Å². The number of hydrogen-bond acceptors (Lipinski definition) is 5. The number of carbonyl (C=O) groups excluding carboxylic acids is 2. The minimum atomic E-state index is -0.457. The fraction of sp³-hybridized carbons (Fsp3) is 0.333. The monoisotopic (exact) mass is 307 g/mol.